The summed E-state index contributed by atoms with van der Waals surface area (Å²) in [5.74, 6) is -0.133. The van der Waals surface area contributed by atoms with E-state index in [0.717, 1.165) is 45.1 Å². The zero-order chi connectivity index (χ0) is 14.1. The normalized spacial score (nSPS) is 22.9. The highest BCUT2D eigenvalue weighted by Crippen LogP contribution is 2.32. The molecule has 19 heavy (non-hydrogen) atoms. The highest BCUT2D eigenvalue weighted by molar-refractivity contribution is 8.01. The van der Waals surface area contributed by atoms with Crippen LogP contribution in [-0.2, 0) is 9.53 Å². The summed E-state index contributed by atoms with van der Waals surface area (Å²) in [5.41, 5.74) is 0.0959. The van der Waals surface area contributed by atoms with Crippen LogP contribution in [0, 0.1) is 5.92 Å². The fourth-order valence-electron chi connectivity index (χ4n) is 2.50. The van der Waals surface area contributed by atoms with Crippen LogP contribution in [0.2, 0.25) is 0 Å². The molecule has 0 aliphatic carbocycles. The summed E-state index contributed by atoms with van der Waals surface area (Å²) < 4.78 is 5.65. The van der Waals surface area contributed by atoms with E-state index in [2.05, 4.69) is 13.8 Å². The summed E-state index contributed by atoms with van der Waals surface area (Å²) in [5, 5.41) is 9.10. The molecule has 0 aromatic heterocycles. The number of hydrogen-bond acceptors (Lipinski definition) is 3. The summed E-state index contributed by atoms with van der Waals surface area (Å²) in [6.45, 7) is 5.14. The van der Waals surface area contributed by atoms with Crippen molar-refractivity contribution < 1.29 is 14.6 Å². The molecule has 0 bridgehead atoms. The van der Waals surface area contributed by atoms with Gasteiger partial charge in [0.25, 0.3) is 0 Å². The minimum atomic E-state index is -0.672. The third-order valence-corrected chi connectivity index (χ3v) is 5.22. The number of rotatable bonds is 9. The van der Waals surface area contributed by atoms with Gasteiger partial charge in [-0.3, -0.25) is 4.79 Å². The van der Waals surface area contributed by atoms with Gasteiger partial charge in [-0.25, -0.2) is 0 Å². The van der Waals surface area contributed by atoms with Gasteiger partial charge >= 0.3 is 5.97 Å². The lowest BCUT2D eigenvalue weighted by atomic mass is 9.94. The molecule has 1 rings (SSSR count). The quantitative estimate of drug-likeness (QED) is 0.687. The van der Waals surface area contributed by atoms with E-state index in [4.69, 9.17) is 4.74 Å². The van der Waals surface area contributed by atoms with E-state index in [1.165, 1.54) is 24.6 Å². The number of carboxylic acids is 1. The van der Waals surface area contributed by atoms with E-state index in [1.54, 1.807) is 0 Å². The molecule has 3 atom stereocenters. The molecule has 0 radical (unpaired) electrons. The van der Waals surface area contributed by atoms with Gasteiger partial charge in [-0.05, 0) is 31.6 Å². The second-order valence-corrected chi connectivity index (χ2v) is 6.78. The summed E-state index contributed by atoms with van der Waals surface area (Å²) >= 11 is 1.53. The number of hydrogen-bond donors (Lipinski definition) is 1. The van der Waals surface area contributed by atoms with Crippen LogP contribution in [0.3, 0.4) is 0 Å². The van der Waals surface area contributed by atoms with Crippen LogP contribution >= 0.6 is 11.8 Å². The van der Waals surface area contributed by atoms with Crippen LogP contribution in [0.4, 0.5) is 0 Å². The first-order valence-electron chi connectivity index (χ1n) is 7.67. The molecule has 112 valence electrons. The van der Waals surface area contributed by atoms with Crippen molar-refractivity contribution >= 4 is 17.7 Å². The predicted molar refractivity (Wildman–Crippen MR) is 80.5 cm³/mol. The molecule has 1 aliphatic rings. The van der Waals surface area contributed by atoms with Crippen molar-refractivity contribution in [1.82, 2.24) is 0 Å². The van der Waals surface area contributed by atoms with Crippen LogP contribution in [0.15, 0.2) is 0 Å². The Hall–Kier alpha value is -0.220. The predicted octanol–water partition coefficient (Wildman–Crippen LogP) is 4.31. The first kappa shape index (κ1) is 16.8. The Morgan fingerprint density at radius 1 is 1.42 bits per heavy atom. The average Bonchev–Trinajstić information content (AvgIpc) is 2.43. The Labute approximate surface area is 121 Å². The Morgan fingerprint density at radius 2 is 2.21 bits per heavy atom. The van der Waals surface area contributed by atoms with E-state index in [1.807, 2.05) is 0 Å². The fraction of sp³-hybridized carbons (Fsp3) is 0.933. The molecule has 3 nitrogen and oxygen atoms in total. The Bertz CT molecular complexity index is 252. The van der Waals surface area contributed by atoms with Gasteiger partial charge in [-0.1, -0.05) is 39.5 Å². The lowest BCUT2D eigenvalue weighted by Crippen LogP contribution is -2.26. The number of thioether (sulfide) groups is 1. The van der Waals surface area contributed by atoms with Crippen LogP contribution < -0.4 is 0 Å². The van der Waals surface area contributed by atoms with Crippen molar-refractivity contribution in [3.8, 4) is 0 Å². The van der Waals surface area contributed by atoms with Crippen molar-refractivity contribution in [2.24, 2.45) is 5.92 Å². The van der Waals surface area contributed by atoms with Gasteiger partial charge in [-0.2, -0.15) is 0 Å². The summed E-state index contributed by atoms with van der Waals surface area (Å²) in [4.78, 5) is 11.4. The lowest BCUT2D eigenvalue weighted by Gasteiger charge is -2.26. The molecular weight excluding hydrogens is 260 g/mol. The van der Waals surface area contributed by atoms with Crippen LogP contribution in [-0.4, -0.2) is 28.4 Å². The number of ether oxygens (including phenoxy) is 1. The fourth-order valence-corrected chi connectivity index (χ4v) is 3.84. The van der Waals surface area contributed by atoms with Gasteiger partial charge in [0.05, 0.1) is 0 Å². The SMILES string of the molecule is CCCCC(CC)CC(SC1CCCCO1)C(=O)O. The van der Waals surface area contributed by atoms with Crippen molar-refractivity contribution in [1.29, 1.82) is 0 Å². The molecule has 0 spiro atoms. The largest absolute Gasteiger partial charge is 0.480 e. The maximum absolute atomic E-state index is 11.4. The van der Waals surface area contributed by atoms with Gasteiger partial charge in [0.1, 0.15) is 10.7 Å². The highest BCUT2D eigenvalue weighted by atomic mass is 32.2. The number of aliphatic carboxylic acids is 1. The topological polar surface area (TPSA) is 46.5 Å². The lowest BCUT2D eigenvalue weighted by molar-refractivity contribution is -0.136. The smallest absolute Gasteiger partial charge is 0.316 e. The first-order valence-corrected chi connectivity index (χ1v) is 8.61. The number of carbonyl (C=O) groups is 1. The van der Waals surface area contributed by atoms with Gasteiger partial charge in [-0.15, -0.1) is 11.8 Å². The summed E-state index contributed by atoms with van der Waals surface area (Å²) in [6.07, 6.45) is 8.69. The second kappa shape index (κ2) is 9.65. The molecule has 1 aliphatic heterocycles. The van der Waals surface area contributed by atoms with E-state index in [0.29, 0.717) is 5.92 Å². The molecule has 1 N–H and O–H groups in total. The molecular formula is C15H28O3S. The van der Waals surface area contributed by atoms with Crippen LogP contribution in [0.25, 0.3) is 0 Å². The monoisotopic (exact) mass is 288 g/mol. The molecule has 0 amide bonds. The Kier molecular flexibility index (Phi) is 8.55. The van der Waals surface area contributed by atoms with E-state index in [-0.39, 0.29) is 10.7 Å². The van der Waals surface area contributed by atoms with Crippen LogP contribution in [0.5, 0.6) is 0 Å². The van der Waals surface area contributed by atoms with Gasteiger partial charge in [0.2, 0.25) is 0 Å². The summed E-state index contributed by atoms with van der Waals surface area (Å²) in [6, 6.07) is 0. The zero-order valence-electron chi connectivity index (χ0n) is 12.3. The molecule has 1 saturated heterocycles. The minimum absolute atomic E-state index is 0.0959. The molecule has 1 heterocycles. The summed E-state index contributed by atoms with van der Waals surface area (Å²) in [7, 11) is 0. The second-order valence-electron chi connectivity index (χ2n) is 5.41. The molecule has 1 fully saturated rings. The van der Waals surface area contributed by atoms with Gasteiger partial charge < -0.3 is 9.84 Å². The molecule has 3 unspecified atom stereocenters. The Balaban J connectivity index is 2.43. The molecule has 4 heteroatoms. The van der Waals surface area contributed by atoms with E-state index >= 15 is 0 Å². The first-order chi connectivity index (χ1) is 9.17. The highest BCUT2D eigenvalue weighted by Gasteiger charge is 2.27. The standard InChI is InChI=1S/C15H28O3S/c1-3-5-8-12(4-2)11-13(15(16)17)19-14-9-6-7-10-18-14/h12-14H,3-11H2,1-2H3,(H,16,17). The number of carboxylic acid groups (broad SMARTS) is 1. The maximum atomic E-state index is 11.4. The third-order valence-electron chi connectivity index (χ3n) is 3.82. The molecule has 0 aromatic rings. The number of unbranched alkanes of at least 4 members (excludes halogenated alkanes) is 1. The third kappa shape index (κ3) is 6.66. The van der Waals surface area contributed by atoms with Crippen molar-refractivity contribution in [2.45, 2.75) is 75.9 Å². The van der Waals surface area contributed by atoms with E-state index < -0.39 is 5.97 Å². The van der Waals surface area contributed by atoms with E-state index in [9.17, 15) is 9.90 Å². The van der Waals surface area contributed by atoms with Crippen molar-refractivity contribution in [2.75, 3.05) is 6.61 Å². The molecule has 0 aromatic carbocycles. The van der Waals surface area contributed by atoms with Crippen LogP contribution in [0.1, 0.15) is 65.2 Å². The van der Waals surface area contributed by atoms with Gasteiger partial charge in [0.15, 0.2) is 0 Å². The molecule has 0 saturated carbocycles. The average molecular weight is 288 g/mol. The minimum Gasteiger partial charge on any atom is -0.480 e. The zero-order valence-corrected chi connectivity index (χ0v) is 13.1. The Morgan fingerprint density at radius 3 is 2.74 bits per heavy atom. The van der Waals surface area contributed by atoms with Gasteiger partial charge in [0, 0.05) is 6.61 Å². The van der Waals surface area contributed by atoms with Crippen molar-refractivity contribution in [3.05, 3.63) is 0 Å². The maximum Gasteiger partial charge on any atom is 0.316 e. The van der Waals surface area contributed by atoms with Crippen molar-refractivity contribution in [3.63, 3.8) is 0 Å².